The van der Waals surface area contributed by atoms with Crippen molar-refractivity contribution in [3.05, 3.63) is 33.8 Å². The Morgan fingerprint density at radius 1 is 1.25 bits per heavy atom. The maximum Gasteiger partial charge on any atom is 0.479 e. The Balaban J connectivity index is 2.48. The van der Waals surface area contributed by atoms with Gasteiger partial charge in [0.15, 0.2) is 0 Å². The quantitative estimate of drug-likeness (QED) is 0.165. The normalized spacial score (nSPS) is 12.2. The van der Waals surface area contributed by atoms with Gasteiger partial charge in [0.1, 0.15) is 6.79 Å². The molecule has 0 bridgehead atoms. The van der Waals surface area contributed by atoms with Crippen LogP contribution >= 0.6 is 23.2 Å². The van der Waals surface area contributed by atoms with E-state index in [1.165, 1.54) is 12.1 Å². The van der Waals surface area contributed by atoms with Crippen LogP contribution in [0.5, 0.6) is 0 Å². The highest BCUT2D eigenvalue weighted by atomic mass is 35.5. The highest BCUT2D eigenvalue weighted by molar-refractivity contribution is 6.45. The van der Waals surface area contributed by atoms with Crippen LogP contribution in [0.3, 0.4) is 0 Å². The second-order valence-electron chi connectivity index (χ2n) is 7.72. The maximum atomic E-state index is 12.3. The Morgan fingerprint density at radius 2 is 1.97 bits per heavy atom. The molecular formula is C20H32BCl2N3O6. The monoisotopic (exact) mass is 491 g/mol. The van der Waals surface area contributed by atoms with Gasteiger partial charge in [-0.05, 0) is 37.6 Å². The first-order valence-corrected chi connectivity index (χ1v) is 11.1. The molecule has 0 heterocycles. The lowest BCUT2D eigenvalue weighted by Gasteiger charge is -2.23. The number of aliphatic hydroxyl groups is 1. The van der Waals surface area contributed by atoms with E-state index in [1.807, 2.05) is 25.8 Å². The summed E-state index contributed by atoms with van der Waals surface area (Å²) in [6.45, 7) is 5.00. The molecule has 2 amide bonds. The minimum Gasteiger partial charge on any atom is -0.426 e. The Bertz CT molecular complexity index is 729. The van der Waals surface area contributed by atoms with Crippen LogP contribution in [0.25, 0.3) is 0 Å². The summed E-state index contributed by atoms with van der Waals surface area (Å²) >= 11 is 11.9. The third-order valence-electron chi connectivity index (χ3n) is 4.42. The molecule has 0 fully saturated rings. The highest BCUT2D eigenvalue weighted by Crippen LogP contribution is 2.20. The van der Waals surface area contributed by atoms with E-state index >= 15 is 0 Å². The molecule has 1 atom stereocenters. The van der Waals surface area contributed by atoms with Crippen molar-refractivity contribution >= 4 is 42.1 Å². The summed E-state index contributed by atoms with van der Waals surface area (Å²) in [6, 6.07) is 4.47. The van der Waals surface area contributed by atoms with Gasteiger partial charge < -0.3 is 35.1 Å². The third kappa shape index (κ3) is 11.5. The number of hydrogen-bond donors (Lipinski definition) is 4. The Hall–Kier alpha value is -1.40. The molecule has 0 saturated heterocycles. The molecule has 1 aromatic rings. The van der Waals surface area contributed by atoms with Gasteiger partial charge in [0.2, 0.25) is 5.91 Å². The van der Waals surface area contributed by atoms with Gasteiger partial charge in [-0.3, -0.25) is 9.59 Å². The zero-order chi connectivity index (χ0) is 24.1. The summed E-state index contributed by atoms with van der Waals surface area (Å²) in [5.74, 6) is -1.54. The van der Waals surface area contributed by atoms with Crippen LogP contribution in [0.2, 0.25) is 10.0 Å². The average Bonchev–Trinajstić information content (AvgIpc) is 2.72. The predicted octanol–water partition coefficient (Wildman–Crippen LogP) is 1.19. The highest BCUT2D eigenvalue weighted by Gasteiger charge is 2.29. The van der Waals surface area contributed by atoms with Crippen molar-refractivity contribution < 1.29 is 29.1 Å². The zero-order valence-electron chi connectivity index (χ0n) is 18.6. The number of halogens is 2. The van der Waals surface area contributed by atoms with Crippen molar-refractivity contribution in [3.8, 4) is 0 Å². The standard InChI is InChI=1S/C20H32BCl2N3O6/c1-14(2)10-18(21(30)32-13-31-9-7-26(3)6-8-27)25-19(28)12-24-20(29)16-11-15(22)4-5-17(16)23/h4-5,11,14,18,27,30H,6-10,12-13H2,1-3H3,(H,24,29)(H,25,28)/t18-/m0/s1. The Kier molecular flexibility index (Phi) is 13.8. The minimum absolute atomic E-state index is 0.0644. The van der Waals surface area contributed by atoms with Gasteiger partial charge in [-0.1, -0.05) is 37.0 Å². The molecule has 0 saturated carbocycles. The molecule has 0 spiro atoms. The van der Waals surface area contributed by atoms with E-state index < -0.39 is 24.9 Å². The van der Waals surface area contributed by atoms with E-state index in [4.69, 9.17) is 37.7 Å². The fourth-order valence-corrected chi connectivity index (χ4v) is 3.11. The van der Waals surface area contributed by atoms with Crippen molar-refractivity contribution in [2.45, 2.75) is 26.2 Å². The van der Waals surface area contributed by atoms with Gasteiger partial charge in [0, 0.05) is 18.1 Å². The number of carbonyl (C=O) groups is 2. The molecule has 0 aliphatic heterocycles. The predicted molar refractivity (Wildman–Crippen MR) is 125 cm³/mol. The lowest BCUT2D eigenvalue weighted by molar-refractivity contribution is -0.120. The van der Waals surface area contributed by atoms with Gasteiger partial charge in [0.25, 0.3) is 5.91 Å². The third-order valence-corrected chi connectivity index (χ3v) is 4.98. The van der Waals surface area contributed by atoms with Crippen LogP contribution in [0, 0.1) is 5.92 Å². The number of nitrogens with zero attached hydrogens (tertiary/aromatic N) is 1. The molecule has 0 aromatic heterocycles. The van der Waals surface area contributed by atoms with E-state index in [0.29, 0.717) is 31.1 Å². The number of aliphatic hydroxyl groups excluding tert-OH is 1. The fraction of sp³-hybridized carbons (Fsp3) is 0.600. The lowest BCUT2D eigenvalue weighted by atomic mass is 9.74. The minimum atomic E-state index is -1.28. The summed E-state index contributed by atoms with van der Waals surface area (Å²) in [5.41, 5.74) is 0.163. The lowest BCUT2D eigenvalue weighted by Crippen LogP contribution is -2.51. The Labute approximate surface area is 199 Å². The first-order chi connectivity index (χ1) is 15.1. The first-order valence-electron chi connectivity index (χ1n) is 10.3. The molecule has 12 heteroatoms. The number of hydrogen-bond acceptors (Lipinski definition) is 7. The number of nitrogens with one attached hydrogen (secondary N) is 2. The van der Waals surface area contributed by atoms with E-state index in [2.05, 4.69) is 10.6 Å². The summed E-state index contributed by atoms with van der Waals surface area (Å²) in [7, 11) is 0.567. The molecular weight excluding hydrogens is 460 g/mol. The van der Waals surface area contributed by atoms with Crippen LogP contribution in [-0.2, 0) is 14.2 Å². The van der Waals surface area contributed by atoms with E-state index in [9.17, 15) is 14.6 Å². The summed E-state index contributed by atoms with van der Waals surface area (Å²) < 4.78 is 10.6. The topological polar surface area (TPSA) is 120 Å². The first kappa shape index (κ1) is 28.6. The van der Waals surface area contributed by atoms with Crippen molar-refractivity contribution in [1.82, 2.24) is 15.5 Å². The fourth-order valence-electron chi connectivity index (χ4n) is 2.74. The molecule has 9 nitrogen and oxygen atoms in total. The van der Waals surface area contributed by atoms with Gasteiger partial charge in [-0.25, -0.2) is 0 Å². The van der Waals surface area contributed by atoms with Crippen molar-refractivity contribution in [2.75, 3.05) is 46.7 Å². The molecule has 1 aromatic carbocycles. The molecule has 1 rings (SSSR count). The Morgan fingerprint density at radius 3 is 2.62 bits per heavy atom. The van der Waals surface area contributed by atoms with Gasteiger partial charge in [0.05, 0.1) is 36.3 Å². The molecule has 4 N–H and O–H groups in total. The summed E-state index contributed by atoms with van der Waals surface area (Å²) in [6.07, 6.45) is 0.459. The SMILES string of the molecule is CC(C)C[C@H](NC(=O)CNC(=O)c1cc(Cl)ccc1Cl)B(O)OCOCCN(C)CCO. The number of amides is 2. The van der Waals surface area contributed by atoms with Crippen molar-refractivity contribution in [1.29, 1.82) is 0 Å². The molecule has 0 aliphatic rings. The summed E-state index contributed by atoms with van der Waals surface area (Å²) in [4.78, 5) is 26.5. The number of benzene rings is 1. The number of likely N-dealkylation sites (N-methyl/N-ethyl adjacent to an activating group) is 1. The second kappa shape index (κ2) is 15.4. The van der Waals surface area contributed by atoms with E-state index in [-0.39, 0.29) is 36.4 Å². The van der Waals surface area contributed by atoms with Crippen molar-refractivity contribution in [2.24, 2.45) is 5.92 Å². The van der Waals surface area contributed by atoms with Gasteiger partial charge in [-0.2, -0.15) is 0 Å². The van der Waals surface area contributed by atoms with Gasteiger partial charge >= 0.3 is 7.12 Å². The second-order valence-corrected chi connectivity index (χ2v) is 8.56. The number of carbonyl (C=O) groups excluding carboxylic acids is 2. The largest absolute Gasteiger partial charge is 0.479 e. The molecule has 180 valence electrons. The zero-order valence-corrected chi connectivity index (χ0v) is 20.2. The molecule has 0 radical (unpaired) electrons. The van der Waals surface area contributed by atoms with Crippen LogP contribution < -0.4 is 10.6 Å². The van der Waals surface area contributed by atoms with Crippen molar-refractivity contribution in [3.63, 3.8) is 0 Å². The van der Waals surface area contributed by atoms with Crippen LogP contribution in [0.1, 0.15) is 30.6 Å². The van der Waals surface area contributed by atoms with Crippen LogP contribution in [0.15, 0.2) is 18.2 Å². The molecule has 0 aliphatic carbocycles. The van der Waals surface area contributed by atoms with Crippen LogP contribution in [0.4, 0.5) is 0 Å². The number of rotatable bonds is 15. The van der Waals surface area contributed by atoms with Crippen LogP contribution in [-0.4, -0.2) is 86.6 Å². The number of ether oxygens (including phenoxy) is 1. The summed E-state index contributed by atoms with van der Waals surface area (Å²) in [5, 5.41) is 24.9. The average molecular weight is 492 g/mol. The maximum absolute atomic E-state index is 12.3. The smallest absolute Gasteiger partial charge is 0.426 e. The van der Waals surface area contributed by atoms with E-state index in [0.717, 1.165) is 0 Å². The molecule has 32 heavy (non-hydrogen) atoms. The molecule has 0 unspecified atom stereocenters. The van der Waals surface area contributed by atoms with E-state index in [1.54, 1.807) is 6.07 Å². The van der Waals surface area contributed by atoms with Gasteiger partial charge in [-0.15, -0.1) is 0 Å².